The van der Waals surface area contributed by atoms with E-state index >= 15 is 0 Å². The quantitative estimate of drug-likeness (QED) is 0.708. The van der Waals surface area contributed by atoms with Crippen LogP contribution < -0.4 is 10.1 Å². The fraction of sp³-hybridized carbons (Fsp3) is 0.238. The molecule has 1 amide bonds. The molecule has 0 unspecified atom stereocenters. The lowest BCUT2D eigenvalue weighted by Gasteiger charge is -2.06. The van der Waals surface area contributed by atoms with Gasteiger partial charge in [-0.1, -0.05) is 35.0 Å². The van der Waals surface area contributed by atoms with Gasteiger partial charge in [0.05, 0.1) is 0 Å². The van der Waals surface area contributed by atoms with Crippen LogP contribution in [0.2, 0.25) is 0 Å². The number of ether oxygens (including phenoxy) is 1. The van der Waals surface area contributed by atoms with Crippen molar-refractivity contribution in [1.82, 2.24) is 5.16 Å². The van der Waals surface area contributed by atoms with Gasteiger partial charge in [-0.2, -0.15) is 0 Å². The summed E-state index contributed by atoms with van der Waals surface area (Å²) in [6.07, 6.45) is 1.99. The zero-order chi connectivity index (χ0) is 17.9. The predicted molar refractivity (Wildman–Crippen MR) is 98.8 cm³/mol. The van der Waals surface area contributed by atoms with Crippen molar-refractivity contribution in [1.29, 1.82) is 0 Å². The summed E-state index contributed by atoms with van der Waals surface area (Å²) in [6, 6.07) is 17.4. The topological polar surface area (TPSA) is 64.4 Å². The number of hydrogen-bond acceptors (Lipinski definition) is 4. The molecule has 1 saturated carbocycles. The van der Waals surface area contributed by atoms with Gasteiger partial charge in [-0.05, 0) is 44.0 Å². The lowest BCUT2D eigenvalue weighted by molar-refractivity contribution is -0.117. The molecule has 1 fully saturated rings. The van der Waals surface area contributed by atoms with Crippen molar-refractivity contribution >= 4 is 11.6 Å². The van der Waals surface area contributed by atoms with Crippen LogP contribution in [0.5, 0.6) is 5.75 Å². The summed E-state index contributed by atoms with van der Waals surface area (Å²) in [4.78, 5) is 11.7. The highest BCUT2D eigenvalue weighted by molar-refractivity contribution is 5.94. The zero-order valence-corrected chi connectivity index (χ0v) is 14.6. The minimum absolute atomic E-state index is 0.101. The summed E-state index contributed by atoms with van der Waals surface area (Å²) < 4.78 is 11.1. The third-order valence-corrected chi connectivity index (χ3v) is 4.36. The Labute approximate surface area is 152 Å². The fourth-order valence-corrected chi connectivity index (χ4v) is 2.62. The Bertz CT molecular complexity index is 894. The van der Waals surface area contributed by atoms with E-state index in [1.165, 1.54) is 5.56 Å². The molecule has 1 aliphatic rings. The largest absolute Gasteiger partial charge is 0.486 e. The van der Waals surface area contributed by atoms with Crippen molar-refractivity contribution in [3.05, 3.63) is 65.9 Å². The van der Waals surface area contributed by atoms with Gasteiger partial charge in [-0.25, -0.2) is 0 Å². The van der Waals surface area contributed by atoms with Crippen LogP contribution in [0.1, 0.15) is 24.2 Å². The average Bonchev–Trinajstić information content (AvgIpc) is 3.41. The molecule has 1 N–H and O–H groups in total. The van der Waals surface area contributed by atoms with Crippen LogP contribution in [0.3, 0.4) is 0 Å². The van der Waals surface area contributed by atoms with Gasteiger partial charge in [0.2, 0.25) is 5.91 Å². The SMILES string of the molecule is Cc1ccc(-c2cc(COc3ccc(NC(=O)C4CC4)cc3)on2)cc1. The lowest BCUT2D eigenvalue weighted by atomic mass is 10.1. The number of anilines is 1. The minimum Gasteiger partial charge on any atom is -0.486 e. The first kappa shape index (κ1) is 16.4. The van der Waals surface area contributed by atoms with Crippen LogP contribution in [0, 0.1) is 12.8 Å². The van der Waals surface area contributed by atoms with Crippen LogP contribution in [0.4, 0.5) is 5.69 Å². The summed E-state index contributed by atoms with van der Waals surface area (Å²) in [5, 5.41) is 7.00. The molecule has 5 heteroatoms. The van der Waals surface area contributed by atoms with Crippen LogP contribution in [-0.4, -0.2) is 11.1 Å². The normalized spacial score (nSPS) is 13.4. The monoisotopic (exact) mass is 348 g/mol. The maximum atomic E-state index is 11.7. The number of nitrogens with one attached hydrogen (secondary N) is 1. The number of carbonyl (C=O) groups is 1. The van der Waals surface area contributed by atoms with Gasteiger partial charge < -0.3 is 14.6 Å². The molecular formula is C21H20N2O3. The van der Waals surface area contributed by atoms with E-state index in [-0.39, 0.29) is 11.8 Å². The second kappa shape index (κ2) is 7.04. The number of rotatable bonds is 6. The Kier molecular flexibility index (Phi) is 4.44. The number of carbonyl (C=O) groups excluding carboxylic acids is 1. The van der Waals surface area contributed by atoms with Gasteiger partial charge in [0.15, 0.2) is 5.76 Å². The smallest absolute Gasteiger partial charge is 0.227 e. The Morgan fingerprint density at radius 1 is 1.15 bits per heavy atom. The molecule has 132 valence electrons. The van der Waals surface area contributed by atoms with Crippen molar-refractivity contribution in [2.24, 2.45) is 5.92 Å². The number of aryl methyl sites for hydroxylation is 1. The Morgan fingerprint density at radius 2 is 1.88 bits per heavy atom. The summed E-state index contributed by atoms with van der Waals surface area (Å²) in [5.74, 6) is 1.67. The van der Waals surface area contributed by atoms with Gasteiger partial charge in [-0.15, -0.1) is 0 Å². The van der Waals surface area contributed by atoms with Crippen LogP contribution in [-0.2, 0) is 11.4 Å². The zero-order valence-electron chi connectivity index (χ0n) is 14.6. The lowest BCUT2D eigenvalue weighted by Crippen LogP contribution is -2.13. The molecule has 0 aliphatic heterocycles. The number of amides is 1. The molecule has 0 spiro atoms. The Hall–Kier alpha value is -3.08. The molecule has 0 radical (unpaired) electrons. The van der Waals surface area contributed by atoms with E-state index in [0.29, 0.717) is 18.1 Å². The van der Waals surface area contributed by atoms with Gasteiger partial charge in [0.25, 0.3) is 0 Å². The molecule has 0 bridgehead atoms. The van der Waals surface area contributed by atoms with Crippen LogP contribution in [0.25, 0.3) is 11.3 Å². The number of nitrogens with zero attached hydrogens (tertiary/aromatic N) is 1. The highest BCUT2D eigenvalue weighted by atomic mass is 16.5. The van der Waals surface area contributed by atoms with E-state index in [0.717, 1.165) is 29.8 Å². The summed E-state index contributed by atoms with van der Waals surface area (Å²) >= 11 is 0. The molecule has 2 aromatic carbocycles. The second-order valence-electron chi connectivity index (χ2n) is 6.62. The summed E-state index contributed by atoms with van der Waals surface area (Å²) in [6.45, 7) is 2.35. The molecule has 1 heterocycles. The first-order valence-corrected chi connectivity index (χ1v) is 8.74. The van der Waals surface area contributed by atoms with E-state index < -0.39 is 0 Å². The maximum absolute atomic E-state index is 11.7. The van der Waals surface area contributed by atoms with Crippen molar-refractivity contribution in [2.75, 3.05) is 5.32 Å². The molecule has 1 aliphatic carbocycles. The standard InChI is InChI=1S/C21H20N2O3/c1-14-2-4-15(5-3-14)20-12-19(26-23-20)13-25-18-10-8-17(9-11-18)22-21(24)16-6-7-16/h2-5,8-12,16H,6-7,13H2,1H3,(H,22,24). The van der Waals surface area contributed by atoms with Crippen molar-refractivity contribution in [3.8, 4) is 17.0 Å². The third kappa shape index (κ3) is 3.94. The molecule has 26 heavy (non-hydrogen) atoms. The Morgan fingerprint density at radius 3 is 2.58 bits per heavy atom. The molecule has 0 atom stereocenters. The van der Waals surface area contributed by atoms with Crippen molar-refractivity contribution in [2.45, 2.75) is 26.4 Å². The third-order valence-electron chi connectivity index (χ3n) is 4.36. The first-order valence-electron chi connectivity index (χ1n) is 8.74. The van der Waals surface area contributed by atoms with E-state index in [2.05, 4.69) is 17.4 Å². The Balaban J connectivity index is 1.33. The van der Waals surface area contributed by atoms with E-state index in [4.69, 9.17) is 9.26 Å². The van der Waals surface area contributed by atoms with E-state index in [9.17, 15) is 4.79 Å². The van der Waals surface area contributed by atoms with Crippen LogP contribution >= 0.6 is 0 Å². The minimum atomic E-state index is 0.101. The fourth-order valence-electron chi connectivity index (χ4n) is 2.62. The molecule has 3 aromatic rings. The highest BCUT2D eigenvalue weighted by Gasteiger charge is 2.29. The van der Waals surface area contributed by atoms with Gasteiger partial charge >= 0.3 is 0 Å². The number of hydrogen-bond donors (Lipinski definition) is 1. The summed E-state index contributed by atoms with van der Waals surface area (Å²) in [7, 11) is 0. The molecule has 5 nitrogen and oxygen atoms in total. The molecular weight excluding hydrogens is 328 g/mol. The first-order chi connectivity index (χ1) is 12.7. The van der Waals surface area contributed by atoms with Gasteiger partial charge in [-0.3, -0.25) is 4.79 Å². The second-order valence-corrected chi connectivity index (χ2v) is 6.62. The van der Waals surface area contributed by atoms with Crippen molar-refractivity contribution in [3.63, 3.8) is 0 Å². The summed E-state index contributed by atoms with van der Waals surface area (Å²) in [5.41, 5.74) is 3.80. The van der Waals surface area contributed by atoms with Gasteiger partial charge in [0.1, 0.15) is 18.1 Å². The molecule has 0 saturated heterocycles. The number of aromatic nitrogens is 1. The predicted octanol–water partition coefficient (Wildman–Crippen LogP) is 4.58. The number of benzene rings is 2. The van der Waals surface area contributed by atoms with Crippen LogP contribution in [0.15, 0.2) is 59.1 Å². The van der Waals surface area contributed by atoms with Gasteiger partial charge in [0, 0.05) is 23.2 Å². The van der Waals surface area contributed by atoms with E-state index in [1.54, 1.807) is 0 Å². The maximum Gasteiger partial charge on any atom is 0.227 e. The molecule has 4 rings (SSSR count). The molecule has 1 aromatic heterocycles. The average molecular weight is 348 g/mol. The van der Waals surface area contributed by atoms with Crippen molar-refractivity contribution < 1.29 is 14.1 Å². The van der Waals surface area contributed by atoms with E-state index in [1.807, 2.05) is 54.6 Å². The highest BCUT2D eigenvalue weighted by Crippen LogP contribution is 2.30.